The van der Waals surface area contributed by atoms with Crippen molar-refractivity contribution in [3.8, 4) is 11.5 Å². The largest absolute Gasteiger partial charge is 0.490 e. The Hall–Kier alpha value is -3.84. The lowest BCUT2D eigenvalue weighted by molar-refractivity contribution is -0.136. The Labute approximate surface area is 236 Å². The van der Waals surface area contributed by atoms with E-state index in [1.165, 1.54) is 5.56 Å². The van der Waals surface area contributed by atoms with Crippen molar-refractivity contribution in [3.05, 3.63) is 94.5 Å². The highest BCUT2D eigenvalue weighted by atomic mass is 16.5. The number of rotatable bonds is 7. The molecular weight excluding hydrogens is 502 g/mol. The summed E-state index contributed by atoms with van der Waals surface area (Å²) in [7, 11) is 0. The molecule has 2 amide bonds. The molecule has 0 unspecified atom stereocenters. The lowest BCUT2D eigenvalue weighted by Gasteiger charge is -2.47. The first-order valence-corrected chi connectivity index (χ1v) is 14.5. The topological polar surface area (TPSA) is 62.3 Å². The highest BCUT2D eigenvalue weighted by Crippen LogP contribution is 2.49. The van der Waals surface area contributed by atoms with Crippen LogP contribution in [0.3, 0.4) is 0 Å². The molecule has 6 rings (SSSR count). The number of ether oxygens (including phenoxy) is 2. The van der Waals surface area contributed by atoms with Gasteiger partial charge in [-0.15, -0.1) is 0 Å². The number of carbonyl (C=O) groups excluding carboxylic acids is 2. The minimum Gasteiger partial charge on any atom is -0.490 e. The second kappa shape index (κ2) is 11.3. The molecule has 0 aromatic heterocycles. The summed E-state index contributed by atoms with van der Waals surface area (Å²) in [6.07, 6.45) is 0.714. The quantitative estimate of drug-likeness (QED) is 0.437. The van der Waals surface area contributed by atoms with Crippen molar-refractivity contribution < 1.29 is 19.1 Å². The molecule has 0 saturated carbocycles. The van der Waals surface area contributed by atoms with Crippen LogP contribution in [0.15, 0.2) is 66.7 Å². The molecule has 3 aromatic rings. The zero-order chi connectivity index (χ0) is 27.6. The smallest absolute Gasteiger partial charge is 0.254 e. The first kappa shape index (κ1) is 26.4. The van der Waals surface area contributed by atoms with Gasteiger partial charge >= 0.3 is 0 Å². The van der Waals surface area contributed by atoms with Crippen molar-refractivity contribution in [2.75, 3.05) is 45.9 Å². The van der Waals surface area contributed by atoms with Gasteiger partial charge in [0.25, 0.3) is 5.91 Å². The molecule has 0 aliphatic carbocycles. The Morgan fingerprint density at radius 3 is 2.23 bits per heavy atom. The molecule has 0 radical (unpaired) electrons. The van der Waals surface area contributed by atoms with E-state index in [4.69, 9.17) is 9.47 Å². The van der Waals surface area contributed by atoms with E-state index >= 15 is 0 Å². The molecule has 3 heterocycles. The molecule has 1 fully saturated rings. The summed E-state index contributed by atoms with van der Waals surface area (Å²) in [6.45, 7) is 9.40. The van der Waals surface area contributed by atoms with E-state index in [2.05, 4.69) is 35.2 Å². The Morgan fingerprint density at radius 1 is 0.825 bits per heavy atom. The lowest BCUT2D eigenvalue weighted by Crippen LogP contribution is -2.54. The van der Waals surface area contributed by atoms with Crippen LogP contribution in [-0.2, 0) is 17.8 Å². The number of hydrogen-bond acceptors (Lipinski definition) is 5. The maximum absolute atomic E-state index is 14.4. The number of amides is 2. The Bertz CT molecular complexity index is 1380. The average Bonchev–Trinajstić information content (AvgIpc) is 2.98. The van der Waals surface area contributed by atoms with Crippen molar-refractivity contribution in [1.82, 2.24) is 14.7 Å². The van der Waals surface area contributed by atoms with Gasteiger partial charge < -0.3 is 19.3 Å². The van der Waals surface area contributed by atoms with Crippen LogP contribution in [0.2, 0.25) is 0 Å². The van der Waals surface area contributed by atoms with Crippen LogP contribution >= 0.6 is 0 Å². The third kappa shape index (κ3) is 4.83. The monoisotopic (exact) mass is 539 g/mol. The summed E-state index contributed by atoms with van der Waals surface area (Å²) in [4.78, 5) is 34.5. The van der Waals surface area contributed by atoms with E-state index in [1.807, 2.05) is 60.0 Å². The van der Waals surface area contributed by atoms with Crippen molar-refractivity contribution in [3.63, 3.8) is 0 Å². The van der Waals surface area contributed by atoms with Crippen LogP contribution in [0, 0.1) is 0 Å². The minimum absolute atomic E-state index is 0.00479. The van der Waals surface area contributed by atoms with E-state index in [1.54, 1.807) is 0 Å². The van der Waals surface area contributed by atoms with Crippen LogP contribution in [0.5, 0.6) is 11.5 Å². The van der Waals surface area contributed by atoms with Crippen LogP contribution < -0.4 is 9.47 Å². The zero-order valence-corrected chi connectivity index (χ0v) is 23.3. The maximum atomic E-state index is 14.4. The standard InChI is InChI=1S/C33H37N3O4/c1-3-39-28-20-24-14-15-36-31(27(24)21-29(28)40-4-2)30(25-12-8-9-13-26(25)32(36)37)33(38)35-18-16-34(17-19-35)22-23-10-6-5-7-11-23/h5-13,20-21,30-31H,3-4,14-19,22H2,1-2H3/t30-,31+/m1/s1. The zero-order valence-electron chi connectivity index (χ0n) is 23.3. The average molecular weight is 540 g/mol. The van der Waals surface area contributed by atoms with Crippen molar-refractivity contribution >= 4 is 11.8 Å². The fourth-order valence-electron chi connectivity index (χ4n) is 6.50. The predicted molar refractivity (Wildman–Crippen MR) is 154 cm³/mol. The number of hydrogen-bond donors (Lipinski definition) is 0. The van der Waals surface area contributed by atoms with Crippen LogP contribution in [0.25, 0.3) is 0 Å². The molecule has 7 heteroatoms. The number of fused-ring (bicyclic) bond motifs is 4. The van der Waals surface area contributed by atoms with Gasteiger partial charge in [-0.3, -0.25) is 14.5 Å². The molecule has 3 aromatic carbocycles. The molecule has 0 bridgehead atoms. The first-order valence-electron chi connectivity index (χ1n) is 14.5. The summed E-state index contributed by atoms with van der Waals surface area (Å²) < 4.78 is 11.9. The molecule has 2 atom stereocenters. The number of benzene rings is 3. The molecule has 7 nitrogen and oxygen atoms in total. The van der Waals surface area contributed by atoms with Crippen LogP contribution in [-0.4, -0.2) is 72.5 Å². The summed E-state index contributed by atoms with van der Waals surface area (Å²) >= 11 is 0. The number of carbonyl (C=O) groups is 2. The molecule has 1 saturated heterocycles. The summed E-state index contributed by atoms with van der Waals surface area (Å²) in [5.74, 6) is 0.998. The van der Waals surface area contributed by atoms with Crippen molar-refractivity contribution in [2.24, 2.45) is 0 Å². The minimum atomic E-state index is -0.471. The maximum Gasteiger partial charge on any atom is 0.254 e. The Morgan fingerprint density at radius 2 is 1.50 bits per heavy atom. The highest BCUT2D eigenvalue weighted by molar-refractivity contribution is 6.01. The van der Waals surface area contributed by atoms with E-state index < -0.39 is 5.92 Å². The molecule has 0 N–H and O–H groups in total. The van der Waals surface area contributed by atoms with Crippen molar-refractivity contribution in [2.45, 2.75) is 38.8 Å². The van der Waals surface area contributed by atoms with E-state index in [9.17, 15) is 9.59 Å². The van der Waals surface area contributed by atoms with Gasteiger partial charge in [-0.05, 0) is 60.7 Å². The Kier molecular flexibility index (Phi) is 7.48. The predicted octanol–water partition coefficient (Wildman–Crippen LogP) is 4.67. The second-order valence-electron chi connectivity index (χ2n) is 10.7. The van der Waals surface area contributed by atoms with Crippen molar-refractivity contribution in [1.29, 1.82) is 0 Å². The highest BCUT2D eigenvalue weighted by Gasteiger charge is 2.48. The molecule has 0 spiro atoms. The van der Waals surface area contributed by atoms with Gasteiger partial charge in [-0.2, -0.15) is 0 Å². The third-order valence-corrected chi connectivity index (χ3v) is 8.38. The fourth-order valence-corrected chi connectivity index (χ4v) is 6.50. The Balaban J connectivity index is 1.33. The van der Waals surface area contributed by atoms with Gasteiger partial charge in [0.15, 0.2) is 11.5 Å². The molecular formula is C33H37N3O4. The van der Waals surface area contributed by atoms with Gasteiger partial charge in [0, 0.05) is 44.8 Å². The summed E-state index contributed by atoms with van der Waals surface area (Å²) in [6, 6.07) is 21.8. The van der Waals surface area contributed by atoms with Gasteiger partial charge in [0.05, 0.1) is 25.2 Å². The number of piperazine rings is 1. The molecule has 3 aliphatic heterocycles. The number of nitrogens with zero attached hydrogens (tertiary/aromatic N) is 3. The summed E-state index contributed by atoms with van der Waals surface area (Å²) in [5.41, 5.74) is 4.85. The first-order chi connectivity index (χ1) is 19.6. The molecule has 40 heavy (non-hydrogen) atoms. The lowest BCUT2D eigenvalue weighted by atomic mass is 9.75. The molecule has 3 aliphatic rings. The van der Waals surface area contributed by atoms with Gasteiger partial charge in [0.2, 0.25) is 5.91 Å². The van der Waals surface area contributed by atoms with Crippen LogP contribution in [0.1, 0.15) is 58.4 Å². The van der Waals surface area contributed by atoms with Gasteiger partial charge in [0.1, 0.15) is 0 Å². The van der Waals surface area contributed by atoms with E-state index in [-0.39, 0.29) is 17.9 Å². The normalized spacial score (nSPS) is 20.4. The van der Waals surface area contributed by atoms with Crippen LogP contribution in [0.4, 0.5) is 0 Å². The second-order valence-corrected chi connectivity index (χ2v) is 10.7. The van der Waals surface area contributed by atoms with Gasteiger partial charge in [-0.1, -0.05) is 48.5 Å². The third-order valence-electron chi connectivity index (χ3n) is 8.38. The van der Waals surface area contributed by atoms with E-state index in [0.717, 1.165) is 42.1 Å². The summed E-state index contributed by atoms with van der Waals surface area (Å²) in [5, 5.41) is 0. The fraction of sp³-hybridized carbons (Fsp3) is 0.394. The van der Waals surface area contributed by atoms with Gasteiger partial charge in [-0.25, -0.2) is 0 Å². The SMILES string of the molecule is CCOc1cc2c(cc1OCC)[C@H]1[C@H](C(=O)N3CCN(Cc4ccccc4)CC3)c3ccccc3C(=O)N1CC2. The molecule has 208 valence electrons. The van der Waals surface area contributed by atoms with E-state index in [0.29, 0.717) is 50.6 Å².